The molecule has 0 radical (unpaired) electrons. The van der Waals surface area contributed by atoms with Crippen molar-refractivity contribution in [1.29, 1.82) is 0 Å². The minimum Gasteiger partial charge on any atom is -0.355 e. The molecule has 0 saturated carbocycles. The molecule has 2 aromatic rings. The number of halogens is 1. The van der Waals surface area contributed by atoms with E-state index in [0.717, 1.165) is 24.6 Å². The van der Waals surface area contributed by atoms with Crippen LogP contribution < -0.4 is 4.90 Å². The summed E-state index contributed by atoms with van der Waals surface area (Å²) in [5, 5.41) is 0. The number of hydrogen-bond donors (Lipinski definition) is 0. The van der Waals surface area contributed by atoms with Gasteiger partial charge in [0.25, 0.3) is 0 Å². The van der Waals surface area contributed by atoms with Crippen LogP contribution in [0.2, 0.25) is 0 Å². The Labute approximate surface area is 144 Å². The van der Waals surface area contributed by atoms with Crippen LogP contribution in [0, 0.1) is 6.92 Å². The molecule has 22 heavy (non-hydrogen) atoms. The predicted octanol–water partition coefficient (Wildman–Crippen LogP) is 3.71. The summed E-state index contributed by atoms with van der Waals surface area (Å²) in [6.07, 6.45) is 4.13. The number of piperidine rings is 1. The highest BCUT2D eigenvalue weighted by Crippen LogP contribution is 2.26. The number of hydrogen-bond acceptors (Lipinski definition) is 5. The number of likely N-dealkylation sites (N-methyl/N-ethyl adjacent to an activating group) is 1. The molecular weight excluding hydrogens is 360 g/mol. The maximum Gasteiger partial charge on any atom is 0.132 e. The molecule has 2 aromatic heterocycles. The van der Waals surface area contributed by atoms with E-state index in [1.54, 1.807) is 6.33 Å². The summed E-state index contributed by atoms with van der Waals surface area (Å²) in [7, 11) is 2.15. The van der Waals surface area contributed by atoms with Crippen molar-refractivity contribution in [3.63, 3.8) is 0 Å². The fourth-order valence-electron chi connectivity index (χ4n) is 2.97. The van der Waals surface area contributed by atoms with Crippen LogP contribution >= 0.6 is 27.3 Å². The van der Waals surface area contributed by atoms with Crippen LogP contribution in [0.1, 0.15) is 23.4 Å². The van der Waals surface area contributed by atoms with Gasteiger partial charge in [-0.15, -0.1) is 11.3 Å². The summed E-state index contributed by atoms with van der Waals surface area (Å²) in [6.45, 7) is 5.34. The van der Waals surface area contributed by atoms with Crippen LogP contribution in [-0.2, 0) is 6.54 Å². The minimum absolute atomic E-state index is 0.520. The zero-order valence-corrected chi connectivity index (χ0v) is 15.4. The van der Waals surface area contributed by atoms with Gasteiger partial charge in [-0.25, -0.2) is 9.97 Å². The van der Waals surface area contributed by atoms with E-state index < -0.39 is 0 Å². The van der Waals surface area contributed by atoms with Crippen LogP contribution in [0.3, 0.4) is 0 Å². The number of thiophene rings is 1. The molecule has 1 aliphatic heterocycles. The summed E-state index contributed by atoms with van der Waals surface area (Å²) in [6, 6.07) is 6.94. The second-order valence-electron chi connectivity index (χ2n) is 5.87. The van der Waals surface area contributed by atoms with Crippen molar-refractivity contribution in [3.05, 3.63) is 38.9 Å². The zero-order valence-electron chi connectivity index (χ0n) is 13.0. The molecule has 4 nitrogen and oxygen atoms in total. The average molecular weight is 381 g/mol. The van der Waals surface area contributed by atoms with Crippen LogP contribution in [0.4, 0.5) is 5.82 Å². The van der Waals surface area contributed by atoms with Crippen molar-refractivity contribution in [2.45, 2.75) is 32.4 Å². The van der Waals surface area contributed by atoms with Gasteiger partial charge >= 0.3 is 0 Å². The number of likely N-dealkylation sites (tertiary alicyclic amines) is 1. The molecule has 1 aliphatic rings. The molecule has 1 fully saturated rings. The van der Waals surface area contributed by atoms with Crippen molar-refractivity contribution in [2.75, 3.05) is 25.0 Å². The van der Waals surface area contributed by atoms with Gasteiger partial charge < -0.3 is 4.90 Å². The zero-order chi connectivity index (χ0) is 15.5. The number of aromatic nitrogens is 2. The number of nitrogens with zero attached hydrogens (tertiary/aromatic N) is 4. The molecule has 0 amide bonds. The molecule has 1 unspecified atom stereocenters. The van der Waals surface area contributed by atoms with E-state index in [1.807, 2.05) is 18.3 Å². The van der Waals surface area contributed by atoms with Gasteiger partial charge in [0.05, 0.1) is 3.79 Å². The highest BCUT2D eigenvalue weighted by Gasteiger charge is 2.24. The van der Waals surface area contributed by atoms with Gasteiger partial charge in [-0.3, -0.25) is 4.90 Å². The lowest BCUT2D eigenvalue weighted by Gasteiger charge is -2.38. The first-order chi connectivity index (χ1) is 10.6. The first-order valence-corrected chi connectivity index (χ1v) is 9.21. The predicted molar refractivity (Wildman–Crippen MR) is 95.5 cm³/mol. The molecule has 118 valence electrons. The molecule has 3 heterocycles. The van der Waals surface area contributed by atoms with E-state index in [4.69, 9.17) is 0 Å². The van der Waals surface area contributed by atoms with Crippen molar-refractivity contribution < 1.29 is 0 Å². The lowest BCUT2D eigenvalue weighted by atomic mass is 10.0. The second kappa shape index (κ2) is 7.06. The Balaban J connectivity index is 1.64. The molecule has 1 saturated heterocycles. The first-order valence-electron chi connectivity index (χ1n) is 7.60. The summed E-state index contributed by atoms with van der Waals surface area (Å²) >= 11 is 5.38. The molecule has 1 atom stereocenters. The lowest BCUT2D eigenvalue weighted by Crippen LogP contribution is -2.46. The summed E-state index contributed by atoms with van der Waals surface area (Å²) in [4.78, 5) is 14.9. The second-order valence-corrected chi connectivity index (χ2v) is 8.41. The molecule has 0 aliphatic carbocycles. The van der Waals surface area contributed by atoms with Gasteiger partial charge in [0, 0.05) is 42.8 Å². The Hall–Kier alpha value is -0.980. The van der Waals surface area contributed by atoms with Gasteiger partial charge in [-0.1, -0.05) is 0 Å². The number of aryl methyl sites for hydroxylation is 1. The van der Waals surface area contributed by atoms with Crippen molar-refractivity contribution >= 4 is 33.1 Å². The topological polar surface area (TPSA) is 32.3 Å². The molecule has 0 aromatic carbocycles. The third kappa shape index (κ3) is 3.86. The van der Waals surface area contributed by atoms with Gasteiger partial charge in [0.2, 0.25) is 0 Å². The summed E-state index contributed by atoms with van der Waals surface area (Å²) < 4.78 is 1.21. The standard InChI is InChI=1S/C16H21BrN4S/c1-12-8-16(19-11-18-12)20(2)13-4-3-7-21(9-13)10-14-5-6-15(17)22-14/h5-6,8,11,13H,3-4,7,9-10H2,1-2H3. The van der Waals surface area contributed by atoms with Crippen LogP contribution in [0.15, 0.2) is 28.3 Å². The maximum absolute atomic E-state index is 4.42. The Morgan fingerprint density at radius 2 is 2.27 bits per heavy atom. The Morgan fingerprint density at radius 3 is 3.00 bits per heavy atom. The van der Waals surface area contributed by atoms with E-state index in [1.165, 1.54) is 28.0 Å². The van der Waals surface area contributed by atoms with Crippen molar-refractivity contribution in [2.24, 2.45) is 0 Å². The molecular formula is C16H21BrN4S. The van der Waals surface area contributed by atoms with E-state index >= 15 is 0 Å². The van der Waals surface area contributed by atoms with Crippen molar-refractivity contribution in [1.82, 2.24) is 14.9 Å². The third-order valence-corrected chi connectivity index (χ3v) is 5.80. The Bertz CT molecular complexity index is 630. The van der Waals surface area contributed by atoms with Crippen LogP contribution in [0.5, 0.6) is 0 Å². The Kier molecular flexibility index (Phi) is 5.10. The van der Waals surface area contributed by atoms with Gasteiger partial charge in [0.15, 0.2) is 0 Å². The minimum atomic E-state index is 0.520. The van der Waals surface area contributed by atoms with Gasteiger partial charge in [0.1, 0.15) is 12.1 Å². The first kappa shape index (κ1) is 15.9. The third-order valence-electron chi connectivity index (χ3n) is 4.19. The van der Waals surface area contributed by atoms with E-state index in [-0.39, 0.29) is 0 Å². The highest BCUT2D eigenvalue weighted by molar-refractivity contribution is 9.11. The lowest BCUT2D eigenvalue weighted by molar-refractivity contribution is 0.200. The normalized spacial score (nSPS) is 19.3. The SMILES string of the molecule is Cc1cc(N(C)C2CCCN(Cc3ccc(Br)s3)C2)ncn1. The largest absolute Gasteiger partial charge is 0.355 e. The average Bonchev–Trinajstić information content (AvgIpc) is 2.92. The molecule has 3 rings (SSSR count). The maximum atomic E-state index is 4.42. The molecule has 0 spiro atoms. The van der Waals surface area contributed by atoms with E-state index in [9.17, 15) is 0 Å². The fourth-order valence-corrected chi connectivity index (χ4v) is 4.49. The monoisotopic (exact) mass is 380 g/mol. The highest BCUT2D eigenvalue weighted by atomic mass is 79.9. The molecule has 0 bridgehead atoms. The van der Waals surface area contributed by atoms with Crippen LogP contribution in [0.25, 0.3) is 0 Å². The fraction of sp³-hybridized carbons (Fsp3) is 0.500. The quantitative estimate of drug-likeness (QED) is 0.808. The van der Waals surface area contributed by atoms with E-state index in [0.29, 0.717) is 6.04 Å². The molecule has 6 heteroatoms. The number of rotatable bonds is 4. The number of anilines is 1. The van der Waals surface area contributed by atoms with Gasteiger partial charge in [-0.05, 0) is 54.4 Å². The van der Waals surface area contributed by atoms with Gasteiger partial charge in [-0.2, -0.15) is 0 Å². The Morgan fingerprint density at radius 1 is 1.41 bits per heavy atom. The van der Waals surface area contributed by atoms with E-state index in [2.05, 4.69) is 60.9 Å². The summed E-state index contributed by atoms with van der Waals surface area (Å²) in [5.74, 6) is 1.03. The van der Waals surface area contributed by atoms with Crippen LogP contribution in [-0.4, -0.2) is 41.0 Å². The van der Waals surface area contributed by atoms with Crippen molar-refractivity contribution in [3.8, 4) is 0 Å². The smallest absolute Gasteiger partial charge is 0.132 e. The summed E-state index contributed by atoms with van der Waals surface area (Å²) in [5.41, 5.74) is 1.02. The molecule has 0 N–H and O–H groups in total.